The largest absolute Gasteiger partial charge is 0.492 e. The Morgan fingerprint density at radius 1 is 1.19 bits per heavy atom. The van der Waals surface area contributed by atoms with E-state index in [-0.39, 0.29) is 17.6 Å². The number of amides is 2. The standard InChI is InChI=1S/C23H21BrN2O5/c1-14-4-3-5-17(12-14)29-11-10-26-18-7-6-16(13-20(18)30-15(2)23(26)28)25-22(27)19-8-9-21(24)31-19/h3-9,12-13,15H,10-11H2,1-2H3,(H,25,27). The lowest BCUT2D eigenvalue weighted by molar-refractivity contribution is -0.125. The van der Waals surface area contributed by atoms with Gasteiger partial charge in [0.25, 0.3) is 11.8 Å². The molecular formula is C23H21BrN2O5. The second-order valence-corrected chi connectivity index (χ2v) is 7.94. The van der Waals surface area contributed by atoms with Gasteiger partial charge in [-0.3, -0.25) is 9.59 Å². The molecule has 0 spiro atoms. The highest BCUT2D eigenvalue weighted by molar-refractivity contribution is 9.10. The summed E-state index contributed by atoms with van der Waals surface area (Å²) in [7, 11) is 0. The first-order valence-corrected chi connectivity index (χ1v) is 10.6. The van der Waals surface area contributed by atoms with Crippen molar-refractivity contribution in [1.29, 1.82) is 0 Å². The minimum atomic E-state index is -0.640. The minimum Gasteiger partial charge on any atom is -0.492 e. The highest BCUT2D eigenvalue weighted by Gasteiger charge is 2.31. The number of aryl methyl sites for hydroxylation is 1. The lowest BCUT2D eigenvalue weighted by Gasteiger charge is -2.33. The molecule has 31 heavy (non-hydrogen) atoms. The number of hydrogen-bond donors (Lipinski definition) is 1. The highest BCUT2D eigenvalue weighted by atomic mass is 79.9. The van der Waals surface area contributed by atoms with Crippen LogP contribution in [0.15, 0.2) is 63.7 Å². The summed E-state index contributed by atoms with van der Waals surface area (Å²) in [6, 6.07) is 16.1. The third-order valence-electron chi connectivity index (χ3n) is 4.80. The van der Waals surface area contributed by atoms with Crippen molar-refractivity contribution in [3.05, 3.63) is 70.6 Å². The molecule has 2 heterocycles. The van der Waals surface area contributed by atoms with E-state index < -0.39 is 6.10 Å². The predicted molar refractivity (Wildman–Crippen MR) is 120 cm³/mol. The van der Waals surface area contributed by atoms with Crippen molar-refractivity contribution in [2.45, 2.75) is 20.0 Å². The normalized spacial score (nSPS) is 15.3. The number of rotatable bonds is 6. The van der Waals surface area contributed by atoms with E-state index in [2.05, 4.69) is 21.2 Å². The maximum atomic E-state index is 12.7. The summed E-state index contributed by atoms with van der Waals surface area (Å²) in [6.07, 6.45) is -0.640. The number of nitrogens with one attached hydrogen (secondary N) is 1. The van der Waals surface area contributed by atoms with Crippen molar-refractivity contribution in [2.24, 2.45) is 0 Å². The molecule has 0 saturated heterocycles. The molecule has 1 aliphatic rings. The zero-order chi connectivity index (χ0) is 22.0. The summed E-state index contributed by atoms with van der Waals surface area (Å²) in [5, 5.41) is 2.77. The molecule has 7 nitrogen and oxygen atoms in total. The molecule has 1 aromatic heterocycles. The van der Waals surface area contributed by atoms with Crippen LogP contribution in [0.1, 0.15) is 23.0 Å². The molecule has 4 rings (SSSR count). The lowest BCUT2D eigenvalue weighted by Crippen LogP contribution is -2.46. The molecule has 0 aliphatic carbocycles. The smallest absolute Gasteiger partial charge is 0.291 e. The Morgan fingerprint density at radius 3 is 2.77 bits per heavy atom. The van der Waals surface area contributed by atoms with Gasteiger partial charge in [-0.05, 0) is 71.7 Å². The number of hydrogen-bond acceptors (Lipinski definition) is 5. The van der Waals surface area contributed by atoms with E-state index in [1.54, 1.807) is 42.2 Å². The molecule has 160 valence electrons. The first-order chi connectivity index (χ1) is 14.9. The van der Waals surface area contributed by atoms with Crippen LogP contribution >= 0.6 is 15.9 Å². The molecule has 3 aromatic rings. The average molecular weight is 485 g/mol. The fourth-order valence-electron chi connectivity index (χ4n) is 3.31. The Kier molecular flexibility index (Phi) is 5.99. The lowest BCUT2D eigenvalue weighted by atomic mass is 10.1. The maximum Gasteiger partial charge on any atom is 0.291 e. The van der Waals surface area contributed by atoms with E-state index in [9.17, 15) is 9.59 Å². The SMILES string of the molecule is Cc1cccc(OCCN2C(=O)C(C)Oc3cc(NC(=O)c4ccc(Br)o4)ccc32)c1. The van der Waals surface area contributed by atoms with Crippen molar-refractivity contribution in [3.63, 3.8) is 0 Å². The third kappa shape index (κ3) is 4.74. The van der Waals surface area contributed by atoms with E-state index >= 15 is 0 Å². The summed E-state index contributed by atoms with van der Waals surface area (Å²) < 4.78 is 17.3. The molecule has 8 heteroatoms. The molecule has 1 aliphatic heterocycles. The van der Waals surface area contributed by atoms with E-state index in [4.69, 9.17) is 13.9 Å². The molecule has 1 atom stereocenters. The van der Waals surface area contributed by atoms with Crippen LogP contribution in [-0.4, -0.2) is 31.1 Å². The van der Waals surface area contributed by atoms with Crippen molar-refractivity contribution >= 4 is 39.1 Å². The van der Waals surface area contributed by atoms with Crippen molar-refractivity contribution in [1.82, 2.24) is 0 Å². The number of ether oxygens (including phenoxy) is 2. The van der Waals surface area contributed by atoms with E-state index in [1.807, 2.05) is 31.2 Å². The van der Waals surface area contributed by atoms with E-state index in [0.29, 0.717) is 34.9 Å². The van der Waals surface area contributed by atoms with Gasteiger partial charge in [0, 0.05) is 11.8 Å². The monoisotopic (exact) mass is 484 g/mol. The van der Waals surface area contributed by atoms with Crippen LogP contribution in [0, 0.1) is 6.92 Å². The van der Waals surface area contributed by atoms with Gasteiger partial charge in [0.05, 0.1) is 12.2 Å². The number of halogens is 1. The zero-order valence-corrected chi connectivity index (χ0v) is 18.6. The molecule has 2 amide bonds. The second-order valence-electron chi connectivity index (χ2n) is 7.16. The van der Waals surface area contributed by atoms with Crippen molar-refractivity contribution in [3.8, 4) is 11.5 Å². The Labute approximate surface area is 188 Å². The number of furan rings is 1. The quantitative estimate of drug-likeness (QED) is 0.543. The zero-order valence-electron chi connectivity index (χ0n) is 17.1. The minimum absolute atomic E-state index is 0.141. The Balaban J connectivity index is 1.47. The predicted octanol–water partition coefficient (Wildman–Crippen LogP) is 4.80. The van der Waals surface area contributed by atoms with Crippen LogP contribution in [0.2, 0.25) is 0 Å². The van der Waals surface area contributed by atoms with Crippen molar-refractivity contribution in [2.75, 3.05) is 23.4 Å². The van der Waals surface area contributed by atoms with Gasteiger partial charge in [-0.25, -0.2) is 0 Å². The second kappa shape index (κ2) is 8.85. The van der Waals surface area contributed by atoms with Gasteiger partial charge >= 0.3 is 0 Å². The highest BCUT2D eigenvalue weighted by Crippen LogP contribution is 2.36. The van der Waals surface area contributed by atoms with Gasteiger partial charge in [0.15, 0.2) is 16.5 Å². The summed E-state index contributed by atoms with van der Waals surface area (Å²) in [5.41, 5.74) is 2.28. The van der Waals surface area contributed by atoms with Gasteiger partial charge in [0.1, 0.15) is 18.1 Å². The molecule has 0 saturated carbocycles. The average Bonchev–Trinajstić information content (AvgIpc) is 3.17. The first-order valence-electron chi connectivity index (χ1n) is 9.79. The topological polar surface area (TPSA) is 81.0 Å². The van der Waals surface area contributed by atoms with Gasteiger partial charge < -0.3 is 24.1 Å². The number of nitrogens with zero attached hydrogens (tertiary/aromatic N) is 1. The van der Waals surface area contributed by atoms with Gasteiger partial charge in [0.2, 0.25) is 0 Å². The van der Waals surface area contributed by atoms with Gasteiger partial charge in [-0.2, -0.15) is 0 Å². The molecule has 0 bridgehead atoms. The van der Waals surface area contributed by atoms with Gasteiger partial charge in [-0.15, -0.1) is 0 Å². The number of carbonyl (C=O) groups excluding carboxylic acids is 2. The van der Waals surface area contributed by atoms with Crippen LogP contribution in [0.4, 0.5) is 11.4 Å². The number of carbonyl (C=O) groups is 2. The number of benzene rings is 2. The van der Waals surface area contributed by atoms with E-state index in [1.165, 1.54) is 0 Å². The Morgan fingerprint density at radius 2 is 2.03 bits per heavy atom. The third-order valence-corrected chi connectivity index (χ3v) is 5.22. The van der Waals surface area contributed by atoms with Crippen molar-refractivity contribution < 1.29 is 23.5 Å². The summed E-state index contributed by atoms with van der Waals surface area (Å²) in [4.78, 5) is 26.7. The van der Waals surface area contributed by atoms with Crippen LogP contribution in [0.3, 0.4) is 0 Å². The number of anilines is 2. The molecule has 2 aromatic carbocycles. The molecular weight excluding hydrogens is 464 g/mol. The van der Waals surface area contributed by atoms with Crippen LogP contribution < -0.4 is 19.7 Å². The summed E-state index contributed by atoms with van der Waals surface area (Å²) >= 11 is 3.18. The summed E-state index contributed by atoms with van der Waals surface area (Å²) in [6.45, 7) is 4.41. The van der Waals surface area contributed by atoms with E-state index in [0.717, 1.165) is 11.3 Å². The van der Waals surface area contributed by atoms with Crippen LogP contribution in [-0.2, 0) is 4.79 Å². The Bertz CT molecular complexity index is 1130. The maximum absolute atomic E-state index is 12.7. The van der Waals surface area contributed by atoms with Gasteiger partial charge in [-0.1, -0.05) is 12.1 Å². The molecule has 1 unspecified atom stereocenters. The Hall–Kier alpha value is -3.26. The van der Waals surface area contributed by atoms with Crippen LogP contribution in [0.25, 0.3) is 0 Å². The molecule has 1 N–H and O–H groups in total. The molecule has 0 radical (unpaired) electrons. The fraction of sp³-hybridized carbons (Fsp3) is 0.217. The summed E-state index contributed by atoms with van der Waals surface area (Å²) in [5.74, 6) is 0.938. The number of fused-ring (bicyclic) bond motifs is 1. The first kappa shape index (κ1) is 21.0. The van der Waals surface area contributed by atoms with Crippen LogP contribution in [0.5, 0.6) is 11.5 Å². The fourth-order valence-corrected chi connectivity index (χ4v) is 3.61. The molecule has 0 fully saturated rings.